The summed E-state index contributed by atoms with van der Waals surface area (Å²) < 4.78 is 55.3. The Bertz CT molecular complexity index is 981. The van der Waals surface area contributed by atoms with Crippen LogP contribution in [0.5, 0.6) is 5.88 Å². The second-order valence-corrected chi connectivity index (χ2v) is 7.26. The van der Waals surface area contributed by atoms with Gasteiger partial charge in [0.05, 0.1) is 24.1 Å². The lowest BCUT2D eigenvalue weighted by Crippen LogP contribution is -2.54. The van der Waals surface area contributed by atoms with E-state index in [-0.39, 0.29) is 17.6 Å². The summed E-state index contributed by atoms with van der Waals surface area (Å²) in [6.45, 7) is 2.37. The molecule has 1 atom stereocenters. The number of nitrogens with zero attached hydrogens (tertiary/aromatic N) is 4. The number of alkyl halides is 3. The van der Waals surface area contributed by atoms with Gasteiger partial charge >= 0.3 is 12.1 Å². The highest BCUT2D eigenvalue weighted by molar-refractivity contribution is 5.92. The summed E-state index contributed by atoms with van der Waals surface area (Å²) in [5.74, 6) is -1.71. The molecular formula is C20H21F3N4O3. The number of esters is 1. The van der Waals surface area contributed by atoms with Gasteiger partial charge in [0.1, 0.15) is 0 Å². The molecule has 2 aliphatic rings. The largest absolute Gasteiger partial charge is 0.467 e. The van der Waals surface area contributed by atoms with Gasteiger partial charge in [-0.2, -0.15) is 18.3 Å². The van der Waals surface area contributed by atoms with Gasteiger partial charge in [-0.3, -0.25) is 0 Å². The fourth-order valence-corrected chi connectivity index (χ4v) is 3.91. The molecule has 160 valence electrons. The van der Waals surface area contributed by atoms with Gasteiger partial charge in [-0.15, -0.1) is 0 Å². The first-order valence-electron chi connectivity index (χ1n) is 9.63. The van der Waals surface area contributed by atoms with Crippen LogP contribution in [0.4, 0.5) is 13.2 Å². The van der Waals surface area contributed by atoms with Crippen LogP contribution in [0.3, 0.4) is 0 Å². The molecule has 3 heterocycles. The lowest BCUT2D eigenvalue weighted by Gasteiger charge is -2.37. The van der Waals surface area contributed by atoms with Crippen molar-refractivity contribution in [1.29, 1.82) is 0 Å². The molecule has 1 fully saturated rings. The van der Waals surface area contributed by atoms with Crippen LogP contribution in [0.15, 0.2) is 35.3 Å². The van der Waals surface area contributed by atoms with Gasteiger partial charge < -0.3 is 14.4 Å². The van der Waals surface area contributed by atoms with Crippen molar-refractivity contribution in [3.05, 3.63) is 41.6 Å². The number of amidine groups is 1. The lowest BCUT2D eigenvalue weighted by atomic mass is 9.88. The number of halogens is 3. The first kappa shape index (κ1) is 20.2. The van der Waals surface area contributed by atoms with E-state index < -0.39 is 23.2 Å². The fourth-order valence-electron chi connectivity index (χ4n) is 3.91. The molecule has 7 nitrogen and oxygen atoms in total. The summed E-state index contributed by atoms with van der Waals surface area (Å²) in [4.78, 5) is 18.2. The average molecular weight is 422 g/mol. The standard InChI is InChI=1S/C20H21F3N4O3/c1-13-15-16(27(25-13)14-9-5-3-6-10-14)30-18(26-11-7-4-8-12-26)24-19(15,17(28)29-2)20(21,22)23/h3,5-6,9-10H,4,7-8,11-12H2,1-2H3/t19-/m0/s1. The Hall–Kier alpha value is -3.04. The first-order chi connectivity index (χ1) is 14.3. The van der Waals surface area contributed by atoms with Crippen LogP contribution in [0.25, 0.3) is 5.69 Å². The van der Waals surface area contributed by atoms with Gasteiger partial charge in [0, 0.05) is 13.1 Å². The van der Waals surface area contributed by atoms with Gasteiger partial charge in [-0.25, -0.2) is 14.5 Å². The molecule has 1 aromatic heterocycles. The molecule has 0 bridgehead atoms. The SMILES string of the molecule is COC(=O)[C@@]1(C(F)(F)F)N=C(N2CCCCC2)Oc2c1c(C)nn2-c1ccccc1. The topological polar surface area (TPSA) is 68.9 Å². The third-order valence-electron chi connectivity index (χ3n) is 5.35. The van der Waals surface area contributed by atoms with Crippen LogP contribution in [0.1, 0.15) is 30.5 Å². The number of likely N-dealkylation sites (tertiary alicyclic amines) is 1. The molecule has 2 aromatic rings. The van der Waals surface area contributed by atoms with Crippen molar-refractivity contribution in [1.82, 2.24) is 14.7 Å². The lowest BCUT2D eigenvalue weighted by molar-refractivity contribution is -0.207. The minimum atomic E-state index is -5.06. The maximum Gasteiger partial charge on any atom is 0.429 e. The van der Waals surface area contributed by atoms with Gasteiger partial charge in [-0.1, -0.05) is 18.2 Å². The van der Waals surface area contributed by atoms with Gasteiger partial charge in [0.25, 0.3) is 11.6 Å². The molecule has 0 saturated carbocycles. The number of ether oxygens (including phenoxy) is 2. The Morgan fingerprint density at radius 3 is 2.43 bits per heavy atom. The number of aromatic nitrogens is 2. The Kier molecular flexibility index (Phi) is 4.95. The molecule has 0 radical (unpaired) electrons. The fraction of sp³-hybridized carbons (Fsp3) is 0.450. The van der Waals surface area contributed by atoms with Crippen LogP contribution < -0.4 is 4.74 Å². The van der Waals surface area contributed by atoms with Crippen molar-refractivity contribution in [3.63, 3.8) is 0 Å². The second-order valence-electron chi connectivity index (χ2n) is 7.26. The van der Waals surface area contributed by atoms with Crippen LogP contribution >= 0.6 is 0 Å². The number of hydrogen-bond donors (Lipinski definition) is 0. The minimum absolute atomic E-state index is 0.0157. The maximum absolute atomic E-state index is 14.5. The molecular weight excluding hydrogens is 401 g/mol. The van der Waals surface area contributed by atoms with Crippen LogP contribution in [0.2, 0.25) is 0 Å². The summed E-state index contributed by atoms with van der Waals surface area (Å²) in [5.41, 5.74) is -3.22. The summed E-state index contributed by atoms with van der Waals surface area (Å²) in [5, 5.41) is 4.26. The van der Waals surface area contributed by atoms with Crippen molar-refractivity contribution in [2.75, 3.05) is 20.2 Å². The third kappa shape index (κ3) is 3.01. The molecule has 0 aliphatic carbocycles. The van der Waals surface area contributed by atoms with Gasteiger partial charge in [0.2, 0.25) is 5.88 Å². The number of rotatable bonds is 2. The molecule has 10 heteroatoms. The molecule has 30 heavy (non-hydrogen) atoms. The number of carbonyl (C=O) groups excluding carboxylic acids is 1. The second kappa shape index (κ2) is 7.33. The molecule has 4 rings (SSSR count). The molecule has 0 N–H and O–H groups in total. The van der Waals surface area contributed by atoms with Crippen LogP contribution in [-0.4, -0.2) is 53.0 Å². The van der Waals surface area contributed by atoms with E-state index in [1.807, 2.05) is 0 Å². The van der Waals surface area contributed by atoms with Crippen LogP contribution in [-0.2, 0) is 15.1 Å². The van der Waals surface area contributed by atoms with E-state index in [2.05, 4.69) is 14.8 Å². The summed E-state index contributed by atoms with van der Waals surface area (Å²) in [6, 6.07) is 8.38. The Morgan fingerprint density at radius 1 is 1.17 bits per heavy atom. The number of methoxy groups -OCH3 is 1. The van der Waals surface area contributed by atoms with Crippen molar-refractivity contribution in [3.8, 4) is 11.6 Å². The van der Waals surface area contributed by atoms with Gasteiger partial charge in [0.15, 0.2) is 0 Å². The number of fused-ring (bicyclic) bond motifs is 1. The minimum Gasteiger partial charge on any atom is -0.467 e. The molecule has 2 aliphatic heterocycles. The molecule has 0 amide bonds. The number of aryl methyl sites for hydroxylation is 1. The van der Waals surface area contributed by atoms with E-state index in [0.717, 1.165) is 26.4 Å². The van der Waals surface area contributed by atoms with Crippen LogP contribution in [0, 0.1) is 6.92 Å². The first-order valence-corrected chi connectivity index (χ1v) is 9.63. The maximum atomic E-state index is 14.5. The van der Waals surface area contributed by atoms with E-state index in [1.54, 1.807) is 35.2 Å². The quantitative estimate of drug-likeness (QED) is 0.695. The monoisotopic (exact) mass is 422 g/mol. The van der Waals surface area contributed by atoms with E-state index in [4.69, 9.17) is 4.74 Å². The number of piperidine rings is 1. The Balaban J connectivity index is 1.98. The van der Waals surface area contributed by atoms with Crippen molar-refractivity contribution in [2.24, 2.45) is 4.99 Å². The normalized spacial score (nSPS) is 21.5. The zero-order chi connectivity index (χ0) is 21.5. The van der Waals surface area contributed by atoms with Crippen molar-refractivity contribution < 1.29 is 27.4 Å². The number of para-hydroxylation sites is 1. The Morgan fingerprint density at radius 2 is 1.83 bits per heavy atom. The zero-order valence-electron chi connectivity index (χ0n) is 16.6. The smallest absolute Gasteiger partial charge is 0.429 e. The summed E-state index contributed by atoms with van der Waals surface area (Å²) >= 11 is 0. The summed E-state index contributed by atoms with van der Waals surface area (Å²) in [6.07, 6.45) is -2.50. The molecule has 0 spiro atoms. The predicted octanol–water partition coefficient (Wildman–Crippen LogP) is 3.35. The zero-order valence-corrected chi connectivity index (χ0v) is 16.6. The van der Waals surface area contributed by atoms with Crippen molar-refractivity contribution >= 4 is 12.0 Å². The predicted molar refractivity (Wildman–Crippen MR) is 102 cm³/mol. The molecule has 0 unspecified atom stereocenters. The van der Waals surface area contributed by atoms with E-state index >= 15 is 0 Å². The Labute approximate surface area is 171 Å². The number of aliphatic imine (C=N–C) groups is 1. The number of carbonyl (C=O) groups is 1. The highest BCUT2D eigenvalue weighted by atomic mass is 19.4. The van der Waals surface area contributed by atoms with E-state index in [9.17, 15) is 18.0 Å². The van der Waals surface area contributed by atoms with Gasteiger partial charge in [-0.05, 0) is 38.3 Å². The number of hydrogen-bond acceptors (Lipinski definition) is 6. The highest BCUT2D eigenvalue weighted by Crippen LogP contribution is 2.51. The van der Waals surface area contributed by atoms with Crippen molar-refractivity contribution in [2.45, 2.75) is 37.9 Å². The van der Waals surface area contributed by atoms with E-state index in [0.29, 0.717) is 18.8 Å². The third-order valence-corrected chi connectivity index (χ3v) is 5.35. The highest BCUT2D eigenvalue weighted by Gasteiger charge is 2.68. The van der Waals surface area contributed by atoms with E-state index in [1.165, 1.54) is 11.6 Å². The number of benzene rings is 1. The molecule has 1 aromatic carbocycles. The average Bonchev–Trinajstić information content (AvgIpc) is 3.09. The summed E-state index contributed by atoms with van der Waals surface area (Å²) in [7, 11) is 0.915. The molecule has 1 saturated heterocycles.